The molecule has 1 heterocycles. The zero-order valence-corrected chi connectivity index (χ0v) is 34.8. The molecule has 58 heavy (non-hydrogen) atoms. The highest BCUT2D eigenvalue weighted by atomic mass is 16.5. The summed E-state index contributed by atoms with van der Waals surface area (Å²) in [5.41, 5.74) is 13.9. The number of ketones is 2. The van der Waals surface area contributed by atoms with Gasteiger partial charge in [-0.1, -0.05) is 73.5 Å². The number of aliphatic hydroxyl groups is 2. The summed E-state index contributed by atoms with van der Waals surface area (Å²) in [5, 5.41) is 36.0. The summed E-state index contributed by atoms with van der Waals surface area (Å²) < 4.78 is 5.42. The molecule has 0 fully saturated rings. The van der Waals surface area contributed by atoms with Crippen LogP contribution in [0.4, 0.5) is 0 Å². The number of hydrogen-bond acceptors (Lipinski definition) is 9. The molecule has 0 saturated carbocycles. The number of rotatable bonds is 28. The normalized spacial score (nSPS) is 15.1. The van der Waals surface area contributed by atoms with Crippen LogP contribution >= 0.6 is 0 Å². The monoisotopic (exact) mass is 794 g/mol. The first-order valence-electron chi connectivity index (χ1n) is 21.2. The highest BCUT2D eigenvalue weighted by Crippen LogP contribution is 2.34. The third-order valence-electron chi connectivity index (χ3n) is 11.1. The number of aromatic hydroxyl groups is 1. The summed E-state index contributed by atoms with van der Waals surface area (Å²) in [5.74, 6) is 0.834. The third kappa shape index (κ3) is 16.4. The summed E-state index contributed by atoms with van der Waals surface area (Å²) >= 11 is 0. The predicted molar refractivity (Wildman–Crippen MR) is 235 cm³/mol. The molecule has 3 atom stereocenters. The van der Waals surface area contributed by atoms with Gasteiger partial charge in [0.15, 0.2) is 17.3 Å². The number of hydrogen-bond donors (Lipinski definition) is 6. The van der Waals surface area contributed by atoms with Gasteiger partial charge in [0.1, 0.15) is 5.78 Å². The number of carbonyl (C=O) groups excluding carboxylic acids is 2. The maximum absolute atomic E-state index is 13.1. The topological polar surface area (TPSA) is 154 Å². The molecule has 9 nitrogen and oxygen atoms in total. The summed E-state index contributed by atoms with van der Waals surface area (Å²) in [7, 11) is 3.45. The molecule has 314 valence electrons. The number of dihydropyridines is 1. The lowest BCUT2D eigenvalue weighted by atomic mass is 9.84. The van der Waals surface area contributed by atoms with Gasteiger partial charge < -0.3 is 36.4 Å². The van der Waals surface area contributed by atoms with Gasteiger partial charge in [-0.25, -0.2) is 0 Å². The van der Waals surface area contributed by atoms with Gasteiger partial charge in [-0.3, -0.25) is 9.59 Å². The molecule has 0 radical (unpaired) electrons. The quantitative estimate of drug-likeness (QED) is 0.0249. The van der Waals surface area contributed by atoms with E-state index >= 15 is 0 Å². The number of carbonyl (C=O) groups is 2. The van der Waals surface area contributed by atoms with Crippen LogP contribution in [-0.2, 0) is 35.3 Å². The van der Waals surface area contributed by atoms with Gasteiger partial charge in [0.25, 0.3) is 0 Å². The molecule has 0 amide bonds. The number of Topliss-reactive ketones (excluding diaryl/α,β-unsaturated/α-hetero) is 1. The Morgan fingerprint density at radius 2 is 1.53 bits per heavy atom. The van der Waals surface area contributed by atoms with E-state index in [2.05, 4.69) is 65.2 Å². The Hall–Kier alpha value is -4.54. The van der Waals surface area contributed by atoms with E-state index in [1.165, 1.54) is 29.9 Å². The molecule has 9 heteroatoms. The molecule has 4 rings (SSSR count). The van der Waals surface area contributed by atoms with Crippen molar-refractivity contribution in [2.75, 3.05) is 33.9 Å². The van der Waals surface area contributed by atoms with E-state index in [1.54, 1.807) is 18.2 Å². The molecule has 3 aromatic carbocycles. The number of unbranched alkanes of at least 4 members (excludes halogenated alkanes) is 1. The molecular weight excluding hydrogens is 727 g/mol. The highest BCUT2D eigenvalue weighted by Gasteiger charge is 2.19. The minimum atomic E-state index is -0.307. The van der Waals surface area contributed by atoms with Crippen molar-refractivity contribution in [3.63, 3.8) is 0 Å². The Bertz CT molecular complexity index is 1800. The zero-order valence-electron chi connectivity index (χ0n) is 34.8. The van der Waals surface area contributed by atoms with Crippen LogP contribution in [0.1, 0.15) is 98.4 Å². The van der Waals surface area contributed by atoms with Crippen LogP contribution in [0, 0.1) is 11.8 Å². The first-order valence-corrected chi connectivity index (χ1v) is 21.2. The van der Waals surface area contributed by atoms with Crippen molar-refractivity contribution in [2.45, 2.75) is 102 Å². The fourth-order valence-corrected chi connectivity index (χ4v) is 8.01. The number of aryl methyl sites for hydroxylation is 3. The molecule has 0 aromatic heterocycles. The fraction of sp³-hybridized carbons (Fsp3) is 0.469. The molecule has 1 unspecified atom stereocenters. The molecule has 1 aliphatic rings. The number of aliphatic hydroxyl groups excluding tert-OH is 2. The molecule has 0 aliphatic carbocycles. The second-order valence-corrected chi connectivity index (χ2v) is 15.8. The molecule has 0 saturated heterocycles. The first kappa shape index (κ1) is 46.2. The van der Waals surface area contributed by atoms with Gasteiger partial charge in [-0.05, 0) is 159 Å². The number of ether oxygens (including phenoxy) is 1. The number of nitrogens with one attached hydrogen (secondary N) is 2. The lowest BCUT2D eigenvalue weighted by Gasteiger charge is -2.23. The summed E-state index contributed by atoms with van der Waals surface area (Å²) in [6.07, 6.45) is 18.2. The van der Waals surface area contributed by atoms with E-state index in [9.17, 15) is 24.9 Å². The van der Waals surface area contributed by atoms with Crippen LogP contribution in [-0.4, -0.2) is 67.0 Å². The van der Waals surface area contributed by atoms with Crippen LogP contribution in [0.5, 0.6) is 11.5 Å². The summed E-state index contributed by atoms with van der Waals surface area (Å²) in [6.45, 7) is 1.26. The van der Waals surface area contributed by atoms with Crippen LogP contribution in [0.15, 0.2) is 96.2 Å². The maximum atomic E-state index is 13.1. The number of allylic oxidation sites excluding steroid dienone is 3. The van der Waals surface area contributed by atoms with Crippen LogP contribution < -0.4 is 21.1 Å². The Balaban J connectivity index is 1.36. The van der Waals surface area contributed by atoms with Gasteiger partial charge in [-0.2, -0.15) is 0 Å². The average molecular weight is 794 g/mol. The minimum absolute atomic E-state index is 0.00908. The summed E-state index contributed by atoms with van der Waals surface area (Å²) in [6, 6.07) is 22.7. The van der Waals surface area contributed by atoms with Gasteiger partial charge in [0.2, 0.25) is 0 Å². The lowest BCUT2D eigenvalue weighted by molar-refractivity contribution is -0.124. The predicted octanol–water partition coefficient (Wildman–Crippen LogP) is 7.55. The number of benzene rings is 3. The van der Waals surface area contributed by atoms with Crippen molar-refractivity contribution < 1.29 is 29.6 Å². The third-order valence-corrected chi connectivity index (χ3v) is 11.1. The van der Waals surface area contributed by atoms with E-state index in [-0.39, 0.29) is 43.1 Å². The Morgan fingerprint density at radius 1 is 0.845 bits per heavy atom. The average Bonchev–Trinajstić information content (AvgIpc) is 3.22. The molecule has 7 N–H and O–H groups in total. The molecule has 0 bridgehead atoms. The first-order chi connectivity index (χ1) is 28.2. The molecule has 1 aliphatic heterocycles. The van der Waals surface area contributed by atoms with Crippen molar-refractivity contribution in [1.82, 2.24) is 10.6 Å². The van der Waals surface area contributed by atoms with Crippen LogP contribution in [0.3, 0.4) is 0 Å². The lowest BCUT2D eigenvalue weighted by Crippen LogP contribution is -2.35. The van der Waals surface area contributed by atoms with E-state index in [0.29, 0.717) is 36.8 Å². The smallest absolute Gasteiger partial charge is 0.163 e. The van der Waals surface area contributed by atoms with Gasteiger partial charge >= 0.3 is 0 Å². The summed E-state index contributed by atoms with van der Waals surface area (Å²) in [4.78, 5) is 26.0. The largest absolute Gasteiger partial charge is 0.504 e. The van der Waals surface area contributed by atoms with Crippen molar-refractivity contribution in [2.24, 2.45) is 17.6 Å². The Morgan fingerprint density at radius 3 is 2.26 bits per heavy atom. The van der Waals surface area contributed by atoms with Gasteiger partial charge in [-0.15, -0.1) is 0 Å². The number of methoxy groups -OCH3 is 1. The van der Waals surface area contributed by atoms with Gasteiger partial charge in [0, 0.05) is 25.8 Å². The van der Waals surface area contributed by atoms with Crippen LogP contribution in [0.25, 0.3) is 6.08 Å². The minimum Gasteiger partial charge on any atom is -0.504 e. The molecule has 3 aromatic rings. The number of phenolic OH excluding ortho intramolecular Hbond substituents is 1. The van der Waals surface area contributed by atoms with Crippen molar-refractivity contribution in [3.05, 3.63) is 124 Å². The molecular formula is C49H67N3O6. The SMILES string of the molecule is CNC[C@H](CCCCO)C[C@H](CCCO)CCCC(=O)CC(=O)/C=C/c1cc(OC)c(O)cc1CC1=CNC(N)C=C1CCc1cccc(CCc2ccccc2)c1. The fourth-order valence-electron chi connectivity index (χ4n) is 8.01. The zero-order chi connectivity index (χ0) is 41.5. The Labute approximate surface area is 346 Å². The van der Waals surface area contributed by atoms with Crippen molar-refractivity contribution >= 4 is 17.6 Å². The standard InChI is InChI=1S/C49H67N3O6/c1-51-34-40(13-6-7-25-53)28-37(17-10-26-54)16-9-18-45(55)33-46(56)24-23-41-31-48(58-2)47(57)30-43(41)29-44-35-52-49(50)32-42(44)22-21-39-15-8-14-38(27-39)20-19-36-11-4-3-5-12-36/h3-5,8,11-12,14-15,23-24,27,30-32,35,37,40,49,51-54,57H,6-7,9-10,13,16-22,25-26,28-29,33-34,50H2,1-2H3/b24-23+/t37-,40+,49?/m0/s1. The van der Waals surface area contributed by atoms with Crippen molar-refractivity contribution in [1.29, 1.82) is 0 Å². The van der Waals surface area contributed by atoms with Gasteiger partial charge in [0.05, 0.1) is 19.7 Å². The second-order valence-electron chi connectivity index (χ2n) is 15.8. The maximum Gasteiger partial charge on any atom is 0.163 e. The second kappa shape index (κ2) is 25.7. The molecule has 0 spiro atoms. The number of nitrogens with two attached hydrogens (primary N) is 1. The van der Waals surface area contributed by atoms with Crippen LogP contribution in [0.2, 0.25) is 0 Å². The van der Waals surface area contributed by atoms with E-state index in [1.807, 2.05) is 19.3 Å². The van der Waals surface area contributed by atoms with Crippen molar-refractivity contribution in [3.8, 4) is 11.5 Å². The van der Waals surface area contributed by atoms with E-state index < -0.39 is 0 Å². The van der Waals surface area contributed by atoms with E-state index in [4.69, 9.17) is 10.5 Å². The van der Waals surface area contributed by atoms with E-state index in [0.717, 1.165) is 99.4 Å². The number of phenols is 1. The Kier molecular flexibility index (Phi) is 20.5. The highest BCUT2D eigenvalue weighted by molar-refractivity contribution is 6.06.